The van der Waals surface area contributed by atoms with Crippen molar-refractivity contribution in [2.75, 3.05) is 0 Å². The molecule has 6 heteroatoms. The van der Waals surface area contributed by atoms with Gasteiger partial charge in [-0.25, -0.2) is 8.42 Å². The maximum atomic E-state index is 12.3. The molecule has 2 aromatic rings. The fraction of sp³-hybridized carbons (Fsp3) is 0.316. The van der Waals surface area contributed by atoms with Gasteiger partial charge in [0.2, 0.25) is 15.9 Å². The lowest BCUT2D eigenvalue weighted by Gasteiger charge is -2.18. The molecule has 2 rings (SSSR count). The molecule has 0 aliphatic heterocycles. The van der Waals surface area contributed by atoms with Crippen LogP contribution in [-0.4, -0.2) is 26.4 Å². The lowest BCUT2D eigenvalue weighted by Crippen LogP contribution is -2.47. The number of hydrogen-bond donors (Lipinski definition) is 2. The Hall–Kier alpha value is -2.18. The maximum absolute atomic E-state index is 12.3. The van der Waals surface area contributed by atoms with Crippen LogP contribution in [-0.2, 0) is 21.2 Å². The van der Waals surface area contributed by atoms with E-state index < -0.39 is 16.1 Å². The van der Waals surface area contributed by atoms with Gasteiger partial charge in [0.25, 0.3) is 0 Å². The van der Waals surface area contributed by atoms with Gasteiger partial charge in [-0.1, -0.05) is 48.5 Å². The number of amides is 1. The molecule has 0 saturated carbocycles. The minimum Gasteiger partial charge on any atom is -0.352 e. The fourth-order valence-electron chi connectivity index (χ4n) is 2.42. The van der Waals surface area contributed by atoms with Crippen LogP contribution in [0.3, 0.4) is 0 Å². The smallest absolute Gasteiger partial charge is 0.241 e. The fourth-order valence-corrected chi connectivity index (χ4v) is 3.65. The molecule has 0 spiro atoms. The van der Waals surface area contributed by atoms with Crippen LogP contribution in [0.4, 0.5) is 0 Å². The Bertz CT molecular complexity index is 777. The third kappa shape index (κ3) is 5.99. The van der Waals surface area contributed by atoms with Crippen molar-refractivity contribution >= 4 is 15.9 Å². The molecule has 2 atom stereocenters. The topological polar surface area (TPSA) is 75.3 Å². The average molecular weight is 360 g/mol. The second-order valence-corrected chi connectivity index (χ2v) is 7.80. The summed E-state index contributed by atoms with van der Waals surface area (Å²) in [4.78, 5) is 12.4. The van der Waals surface area contributed by atoms with E-state index in [4.69, 9.17) is 0 Å². The van der Waals surface area contributed by atoms with Gasteiger partial charge in [0.05, 0.1) is 10.9 Å². The first-order chi connectivity index (χ1) is 11.9. The number of rotatable bonds is 8. The van der Waals surface area contributed by atoms with Crippen molar-refractivity contribution < 1.29 is 13.2 Å². The van der Waals surface area contributed by atoms with Gasteiger partial charge in [0, 0.05) is 6.04 Å². The highest BCUT2D eigenvalue weighted by Crippen LogP contribution is 2.08. The molecule has 0 saturated heterocycles. The molecule has 0 unspecified atom stereocenters. The SMILES string of the molecule is C[C@H](NS(=O)(=O)c1ccccc1)C(=O)N[C@@H](C)CCc1ccccc1. The molecule has 2 aromatic carbocycles. The normalized spacial score (nSPS) is 13.8. The first kappa shape index (κ1) is 19.1. The van der Waals surface area contributed by atoms with Crippen LogP contribution >= 0.6 is 0 Å². The Kier molecular flexibility index (Phi) is 6.73. The Morgan fingerprint density at radius 1 is 0.960 bits per heavy atom. The Labute approximate surface area is 149 Å². The van der Waals surface area contributed by atoms with E-state index in [-0.39, 0.29) is 16.8 Å². The summed E-state index contributed by atoms with van der Waals surface area (Å²) < 4.78 is 26.9. The molecule has 134 valence electrons. The highest BCUT2D eigenvalue weighted by Gasteiger charge is 2.22. The van der Waals surface area contributed by atoms with E-state index in [0.717, 1.165) is 12.8 Å². The number of sulfonamides is 1. The summed E-state index contributed by atoms with van der Waals surface area (Å²) in [7, 11) is -3.71. The van der Waals surface area contributed by atoms with Crippen molar-refractivity contribution in [2.24, 2.45) is 0 Å². The Morgan fingerprint density at radius 3 is 2.12 bits per heavy atom. The number of benzene rings is 2. The second kappa shape index (κ2) is 8.78. The Balaban J connectivity index is 1.85. The molecular weight excluding hydrogens is 336 g/mol. The molecule has 0 aromatic heterocycles. The van der Waals surface area contributed by atoms with Crippen LogP contribution < -0.4 is 10.0 Å². The van der Waals surface area contributed by atoms with Crippen molar-refractivity contribution in [1.29, 1.82) is 0 Å². The summed E-state index contributed by atoms with van der Waals surface area (Å²) in [6.07, 6.45) is 1.64. The summed E-state index contributed by atoms with van der Waals surface area (Å²) in [5, 5.41) is 2.86. The molecule has 0 heterocycles. The number of carbonyl (C=O) groups is 1. The highest BCUT2D eigenvalue weighted by atomic mass is 32.2. The van der Waals surface area contributed by atoms with E-state index in [9.17, 15) is 13.2 Å². The molecule has 1 amide bonds. The van der Waals surface area contributed by atoms with Crippen molar-refractivity contribution in [2.45, 2.75) is 43.7 Å². The van der Waals surface area contributed by atoms with E-state index in [0.29, 0.717) is 0 Å². The monoisotopic (exact) mass is 360 g/mol. The molecule has 0 radical (unpaired) electrons. The van der Waals surface area contributed by atoms with Gasteiger partial charge in [-0.2, -0.15) is 4.72 Å². The van der Waals surface area contributed by atoms with Crippen LogP contribution in [0.25, 0.3) is 0 Å². The predicted octanol–water partition coefficient (Wildman–Crippen LogP) is 2.49. The zero-order chi connectivity index (χ0) is 18.3. The Morgan fingerprint density at radius 2 is 1.52 bits per heavy atom. The van der Waals surface area contributed by atoms with Gasteiger partial charge in [0.15, 0.2) is 0 Å². The lowest BCUT2D eigenvalue weighted by molar-refractivity contribution is -0.123. The predicted molar refractivity (Wildman–Crippen MR) is 98.6 cm³/mol. The quantitative estimate of drug-likeness (QED) is 0.759. The number of aryl methyl sites for hydroxylation is 1. The van der Waals surface area contributed by atoms with Gasteiger partial charge >= 0.3 is 0 Å². The van der Waals surface area contributed by atoms with Crippen molar-refractivity contribution in [3.8, 4) is 0 Å². The molecule has 0 bridgehead atoms. The van der Waals surface area contributed by atoms with Crippen LogP contribution in [0, 0.1) is 0 Å². The molecule has 25 heavy (non-hydrogen) atoms. The van der Waals surface area contributed by atoms with Gasteiger partial charge in [-0.05, 0) is 44.4 Å². The second-order valence-electron chi connectivity index (χ2n) is 6.09. The molecule has 2 N–H and O–H groups in total. The molecular formula is C19H24N2O3S. The van der Waals surface area contributed by atoms with Gasteiger partial charge in [-0.15, -0.1) is 0 Å². The average Bonchev–Trinajstić information content (AvgIpc) is 2.61. The first-order valence-electron chi connectivity index (χ1n) is 8.30. The van der Waals surface area contributed by atoms with Crippen LogP contribution in [0.15, 0.2) is 65.6 Å². The maximum Gasteiger partial charge on any atom is 0.241 e. The van der Waals surface area contributed by atoms with E-state index >= 15 is 0 Å². The molecule has 5 nitrogen and oxygen atoms in total. The van der Waals surface area contributed by atoms with Crippen molar-refractivity contribution in [3.63, 3.8) is 0 Å². The van der Waals surface area contributed by atoms with E-state index in [1.165, 1.54) is 17.7 Å². The zero-order valence-electron chi connectivity index (χ0n) is 14.5. The van der Waals surface area contributed by atoms with Crippen molar-refractivity contribution in [1.82, 2.24) is 10.0 Å². The first-order valence-corrected chi connectivity index (χ1v) is 9.78. The van der Waals surface area contributed by atoms with E-state index in [1.54, 1.807) is 25.1 Å². The molecule has 0 fully saturated rings. The van der Waals surface area contributed by atoms with E-state index in [2.05, 4.69) is 10.0 Å². The largest absolute Gasteiger partial charge is 0.352 e. The van der Waals surface area contributed by atoms with E-state index in [1.807, 2.05) is 37.3 Å². The van der Waals surface area contributed by atoms with Crippen LogP contribution in [0.1, 0.15) is 25.8 Å². The standard InChI is InChI=1S/C19H24N2O3S/c1-15(13-14-17-9-5-3-6-10-17)20-19(22)16(2)21-25(23,24)18-11-7-4-8-12-18/h3-12,15-16,21H,13-14H2,1-2H3,(H,20,22)/t15-,16-/m0/s1. The molecule has 0 aliphatic carbocycles. The third-order valence-electron chi connectivity index (χ3n) is 3.88. The van der Waals surface area contributed by atoms with Gasteiger partial charge < -0.3 is 5.32 Å². The minimum atomic E-state index is -3.71. The minimum absolute atomic E-state index is 0.0450. The summed E-state index contributed by atoms with van der Waals surface area (Å²) in [6.45, 7) is 3.46. The third-order valence-corrected chi connectivity index (χ3v) is 5.43. The van der Waals surface area contributed by atoms with Crippen LogP contribution in [0.5, 0.6) is 0 Å². The summed E-state index contributed by atoms with van der Waals surface area (Å²) in [6, 6.07) is 17.2. The van der Waals surface area contributed by atoms with Crippen LogP contribution in [0.2, 0.25) is 0 Å². The number of carbonyl (C=O) groups excluding carboxylic acids is 1. The summed E-state index contributed by atoms with van der Waals surface area (Å²) in [5.41, 5.74) is 1.21. The van der Waals surface area contributed by atoms with Gasteiger partial charge in [-0.3, -0.25) is 4.79 Å². The zero-order valence-corrected chi connectivity index (χ0v) is 15.3. The summed E-state index contributed by atoms with van der Waals surface area (Å²) >= 11 is 0. The number of hydrogen-bond acceptors (Lipinski definition) is 3. The summed E-state index contributed by atoms with van der Waals surface area (Å²) in [5.74, 6) is -0.333. The highest BCUT2D eigenvalue weighted by molar-refractivity contribution is 7.89. The van der Waals surface area contributed by atoms with Gasteiger partial charge in [0.1, 0.15) is 0 Å². The van der Waals surface area contributed by atoms with Crippen molar-refractivity contribution in [3.05, 3.63) is 66.2 Å². The lowest BCUT2D eigenvalue weighted by atomic mass is 10.1. The number of nitrogens with one attached hydrogen (secondary N) is 2. The molecule has 0 aliphatic rings.